The average Bonchev–Trinajstić information content (AvgIpc) is 2.39. The molecule has 0 aliphatic carbocycles. The highest BCUT2D eigenvalue weighted by atomic mass is 19.1. The number of H-pyrrole nitrogens is 1. The zero-order valence-corrected chi connectivity index (χ0v) is 11.6. The van der Waals surface area contributed by atoms with Gasteiger partial charge in [-0.05, 0) is 38.1 Å². The van der Waals surface area contributed by atoms with Crippen molar-refractivity contribution in [2.45, 2.75) is 25.7 Å². The fraction of sp³-hybridized carbons (Fsp3) is 0.333. The van der Waals surface area contributed by atoms with Gasteiger partial charge in [0.05, 0.1) is 0 Å². The fourth-order valence-corrected chi connectivity index (χ4v) is 2.08. The summed E-state index contributed by atoms with van der Waals surface area (Å²) in [6.07, 6.45) is 0.552. The Bertz CT molecular complexity index is 647. The van der Waals surface area contributed by atoms with Gasteiger partial charge in [0.1, 0.15) is 11.6 Å². The quantitative estimate of drug-likeness (QED) is 0.892. The van der Waals surface area contributed by atoms with Crippen LogP contribution < -0.4 is 11.3 Å². The molecule has 5 heteroatoms. The molecule has 2 rings (SSSR count). The van der Waals surface area contributed by atoms with Gasteiger partial charge in [-0.3, -0.25) is 4.79 Å². The van der Waals surface area contributed by atoms with E-state index in [4.69, 9.17) is 5.73 Å². The summed E-state index contributed by atoms with van der Waals surface area (Å²) in [5.74, 6) is 0.267. The fourth-order valence-electron chi connectivity index (χ4n) is 2.08. The van der Waals surface area contributed by atoms with Crippen LogP contribution in [0, 0.1) is 5.82 Å². The SMILES string of the molecule is CC(C)(c1ccc(F)cc1)c1nc(CCN)cc(=O)[nH]1. The van der Waals surface area contributed by atoms with E-state index < -0.39 is 5.41 Å². The van der Waals surface area contributed by atoms with Crippen LogP contribution in [0.5, 0.6) is 0 Å². The predicted molar refractivity (Wildman–Crippen MR) is 76.1 cm³/mol. The van der Waals surface area contributed by atoms with Crippen molar-refractivity contribution in [2.75, 3.05) is 6.54 Å². The third kappa shape index (κ3) is 2.93. The van der Waals surface area contributed by atoms with E-state index >= 15 is 0 Å². The van der Waals surface area contributed by atoms with E-state index in [0.717, 1.165) is 5.56 Å². The summed E-state index contributed by atoms with van der Waals surface area (Å²) < 4.78 is 13.0. The number of benzene rings is 1. The molecule has 0 aliphatic heterocycles. The molecule has 0 spiro atoms. The van der Waals surface area contributed by atoms with Crippen LogP contribution in [-0.2, 0) is 11.8 Å². The molecule has 20 heavy (non-hydrogen) atoms. The first-order valence-corrected chi connectivity index (χ1v) is 6.50. The van der Waals surface area contributed by atoms with Gasteiger partial charge in [0.15, 0.2) is 0 Å². The van der Waals surface area contributed by atoms with Crippen molar-refractivity contribution < 1.29 is 4.39 Å². The van der Waals surface area contributed by atoms with E-state index in [-0.39, 0.29) is 11.4 Å². The maximum atomic E-state index is 13.0. The highest BCUT2D eigenvalue weighted by Crippen LogP contribution is 2.28. The van der Waals surface area contributed by atoms with Gasteiger partial charge in [0.2, 0.25) is 0 Å². The number of nitrogens with one attached hydrogen (secondary N) is 1. The molecule has 0 amide bonds. The second-order valence-corrected chi connectivity index (χ2v) is 5.26. The van der Waals surface area contributed by atoms with Gasteiger partial charge in [0.25, 0.3) is 5.56 Å². The molecule has 0 saturated heterocycles. The Labute approximate surface area is 116 Å². The summed E-state index contributed by atoms with van der Waals surface area (Å²) >= 11 is 0. The normalized spacial score (nSPS) is 11.6. The molecule has 106 valence electrons. The topological polar surface area (TPSA) is 71.8 Å². The van der Waals surface area contributed by atoms with Gasteiger partial charge in [0, 0.05) is 23.6 Å². The first kappa shape index (κ1) is 14.4. The van der Waals surface area contributed by atoms with E-state index in [1.54, 1.807) is 12.1 Å². The Morgan fingerprint density at radius 1 is 1.30 bits per heavy atom. The number of nitrogens with two attached hydrogens (primary N) is 1. The minimum Gasteiger partial charge on any atom is -0.330 e. The summed E-state index contributed by atoms with van der Waals surface area (Å²) in [7, 11) is 0. The van der Waals surface area contributed by atoms with Crippen LogP contribution in [0.2, 0.25) is 0 Å². The molecule has 0 atom stereocenters. The van der Waals surface area contributed by atoms with Crippen molar-refractivity contribution in [2.24, 2.45) is 5.73 Å². The third-order valence-electron chi connectivity index (χ3n) is 3.35. The highest BCUT2D eigenvalue weighted by Gasteiger charge is 2.26. The summed E-state index contributed by atoms with van der Waals surface area (Å²) in [5, 5.41) is 0. The summed E-state index contributed by atoms with van der Waals surface area (Å²) in [5.41, 5.74) is 6.34. The Balaban J connectivity index is 2.47. The second-order valence-electron chi connectivity index (χ2n) is 5.26. The number of rotatable bonds is 4. The number of nitrogens with zero attached hydrogens (tertiary/aromatic N) is 1. The van der Waals surface area contributed by atoms with Crippen molar-refractivity contribution in [1.82, 2.24) is 9.97 Å². The lowest BCUT2D eigenvalue weighted by Crippen LogP contribution is -2.27. The number of hydrogen-bond acceptors (Lipinski definition) is 3. The van der Waals surface area contributed by atoms with Crippen molar-refractivity contribution in [3.8, 4) is 0 Å². The van der Waals surface area contributed by atoms with Crippen molar-refractivity contribution in [3.63, 3.8) is 0 Å². The van der Waals surface area contributed by atoms with Crippen LogP contribution in [-0.4, -0.2) is 16.5 Å². The average molecular weight is 275 g/mol. The smallest absolute Gasteiger partial charge is 0.251 e. The van der Waals surface area contributed by atoms with E-state index in [9.17, 15) is 9.18 Å². The molecule has 1 heterocycles. The molecule has 0 fully saturated rings. The van der Waals surface area contributed by atoms with Gasteiger partial charge in [-0.15, -0.1) is 0 Å². The van der Waals surface area contributed by atoms with Crippen LogP contribution in [0.15, 0.2) is 35.1 Å². The number of aromatic nitrogens is 2. The second kappa shape index (κ2) is 5.54. The maximum Gasteiger partial charge on any atom is 0.251 e. The predicted octanol–water partition coefficient (Wildman–Crippen LogP) is 1.74. The Hall–Kier alpha value is -2.01. The van der Waals surface area contributed by atoms with Crippen molar-refractivity contribution in [3.05, 3.63) is 63.6 Å². The zero-order valence-electron chi connectivity index (χ0n) is 11.6. The molecule has 2 aromatic rings. The van der Waals surface area contributed by atoms with Gasteiger partial charge in [-0.1, -0.05) is 12.1 Å². The monoisotopic (exact) mass is 275 g/mol. The van der Waals surface area contributed by atoms with Crippen LogP contribution in [0.4, 0.5) is 4.39 Å². The van der Waals surface area contributed by atoms with E-state index in [1.165, 1.54) is 18.2 Å². The lowest BCUT2D eigenvalue weighted by molar-refractivity contribution is 0.575. The van der Waals surface area contributed by atoms with Gasteiger partial charge in [-0.25, -0.2) is 9.37 Å². The van der Waals surface area contributed by atoms with Crippen LogP contribution >= 0.6 is 0 Å². The number of halogens is 1. The standard InChI is InChI=1S/C15H18FN3O/c1-15(2,10-3-5-11(16)6-4-10)14-18-12(7-8-17)9-13(20)19-14/h3-6,9H,7-8,17H2,1-2H3,(H,18,19,20). The van der Waals surface area contributed by atoms with Crippen LogP contribution in [0.1, 0.15) is 30.9 Å². The Morgan fingerprint density at radius 3 is 2.55 bits per heavy atom. The van der Waals surface area contributed by atoms with Crippen molar-refractivity contribution >= 4 is 0 Å². The Kier molecular flexibility index (Phi) is 3.99. The van der Waals surface area contributed by atoms with E-state index in [0.29, 0.717) is 24.5 Å². The van der Waals surface area contributed by atoms with Gasteiger partial charge in [-0.2, -0.15) is 0 Å². The molecule has 0 bridgehead atoms. The molecule has 1 aromatic carbocycles. The third-order valence-corrected chi connectivity index (χ3v) is 3.35. The first-order valence-electron chi connectivity index (χ1n) is 6.50. The Morgan fingerprint density at radius 2 is 1.95 bits per heavy atom. The van der Waals surface area contributed by atoms with Crippen molar-refractivity contribution in [1.29, 1.82) is 0 Å². The molecule has 4 nitrogen and oxygen atoms in total. The lowest BCUT2D eigenvalue weighted by Gasteiger charge is -2.24. The van der Waals surface area contributed by atoms with Crippen LogP contribution in [0.25, 0.3) is 0 Å². The minimum atomic E-state index is -0.516. The van der Waals surface area contributed by atoms with E-state index in [1.807, 2.05) is 13.8 Å². The summed E-state index contributed by atoms with van der Waals surface area (Å²) in [6.45, 7) is 4.31. The molecule has 0 radical (unpaired) electrons. The zero-order chi connectivity index (χ0) is 14.8. The van der Waals surface area contributed by atoms with Gasteiger partial charge < -0.3 is 10.7 Å². The number of aromatic amines is 1. The van der Waals surface area contributed by atoms with Gasteiger partial charge >= 0.3 is 0 Å². The largest absolute Gasteiger partial charge is 0.330 e. The maximum absolute atomic E-state index is 13.0. The van der Waals surface area contributed by atoms with E-state index in [2.05, 4.69) is 9.97 Å². The summed E-state index contributed by atoms with van der Waals surface area (Å²) in [4.78, 5) is 18.9. The summed E-state index contributed by atoms with van der Waals surface area (Å²) in [6, 6.07) is 7.66. The lowest BCUT2D eigenvalue weighted by atomic mass is 9.83. The molecule has 1 aromatic heterocycles. The highest BCUT2D eigenvalue weighted by molar-refractivity contribution is 5.31. The molecule has 0 unspecified atom stereocenters. The molecular weight excluding hydrogens is 257 g/mol. The first-order chi connectivity index (χ1) is 9.43. The minimum absolute atomic E-state index is 0.200. The molecule has 0 saturated carbocycles. The number of hydrogen-bond donors (Lipinski definition) is 2. The molecule has 0 aliphatic rings. The molecular formula is C15H18FN3O. The van der Waals surface area contributed by atoms with Crippen LogP contribution in [0.3, 0.4) is 0 Å². The molecule has 3 N–H and O–H groups in total.